The predicted octanol–water partition coefficient (Wildman–Crippen LogP) is 3.62. The quantitative estimate of drug-likeness (QED) is 0.874. The van der Waals surface area contributed by atoms with Crippen LogP contribution in [0.2, 0.25) is 0 Å². The van der Waals surface area contributed by atoms with E-state index < -0.39 is 0 Å². The van der Waals surface area contributed by atoms with Crippen molar-refractivity contribution >= 4 is 11.8 Å². The summed E-state index contributed by atoms with van der Waals surface area (Å²) in [6.07, 6.45) is 4.13. The molecule has 1 unspecified atom stereocenters. The molecule has 17 heavy (non-hydrogen) atoms. The summed E-state index contributed by atoms with van der Waals surface area (Å²) in [7, 11) is 0. The molecule has 1 aromatic rings. The van der Waals surface area contributed by atoms with Gasteiger partial charge in [0.15, 0.2) is 0 Å². The van der Waals surface area contributed by atoms with Crippen LogP contribution in [0.3, 0.4) is 0 Å². The molecule has 1 fully saturated rings. The second-order valence-corrected chi connectivity index (χ2v) is 6.08. The second-order valence-electron chi connectivity index (χ2n) is 5.05. The number of nitrogens with one attached hydrogen (secondary N) is 1. The highest BCUT2D eigenvalue weighted by atomic mass is 32.2. The van der Waals surface area contributed by atoms with Gasteiger partial charge in [-0.2, -0.15) is 11.8 Å². The number of rotatable bonds is 4. The fourth-order valence-corrected chi connectivity index (χ4v) is 3.50. The predicted molar refractivity (Wildman–Crippen MR) is 77.6 cm³/mol. The van der Waals surface area contributed by atoms with Crippen molar-refractivity contribution in [2.24, 2.45) is 5.92 Å². The van der Waals surface area contributed by atoms with Crippen LogP contribution in [0, 0.1) is 12.8 Å². The molecule has 2 rings (SSSR count). The molecule has 1 aromatic carbocycles. The van der Waals surface area contributed by atoms with E-state index in [1.54, 1.807) is 0 Å². The van der Waals surface area contributed by atoms with Gasteiger partial charge in [-0.3, -0.25) is 0 Å². The Kier molecular flexibility index (Phi) is 5.40. The maximum Gasteiger partial charge on any atom is 0.0184 e. The van der Waals surface area contributed by atoms with E-state index >= 15 is 0 Å². The number of hydrogen-bond acceptors (Lipinski definition) is 2. The van der Waals surface area contributed by atoms with Crippen molar-refractivity contribution in [3.8, 4) is 0 Å². The molecule has 0 bridgehead atoms. The average molecular weight is 249 g/mol. The lowest BCUT2D eigenvalue weighted by Gasteiger charge is -2.12. The van der Waals surface area contributed by atoms with Gasteiger partial charge in [0.1, 0.15) is 0 Å². The Morgan fingerprint density at radius 3 is 2.82 bits per heavy atom. The molecular formula is C15H23NS. The largest absolute Gasteiger partial charge is 0.317 e. The van der Waals surface area contributed by atoms with Crippen LogP contribution >= 0.6 is 11.8 Å². The molecule has 1 N–H and O–H groups in total. The maximum absolute atomic E-state index is 3.48. The summed E-state index contributed by atoms with van der Waals surface area (Å²) >= 11 is 2.10. The van der Waals surface area contributed by atoms with Gasteiger partial charge >= 0.3 is 0 Å². The topological polar surface area (TPSA) is 12.0 Å². The summed E-state index contributed by atoms with van der Waals surface area (Å²) in [6, 6.07) is 8.95. The minimum Gasteiger partial charge on any atom is -0.317 e. The standard InChI is InChI=1S/C15H23NS/c1-13-4-6-15(7-5-13)12-17-11-14-3-2-9-16-10-8-14/h4-7,14,16H,2-3,8-12H2,1H3. The number of thioether (sulfide) groups is 1. The van der Waals surface area contributed by atoms with E-state index in [1.165, 1.54) is 55.0 Å². The van der Waals surface area contributed by atoms with Crippen molar-refractivity contribution < 1.29 is 0 Å². The number of benzene rings is 1. The zero-order chi connectivity index (χ0) is 11.9. The van der Waals surface area contributed by atoms with Gasteiger partial charge in [0.25, 0.3) is 0 Å². The Hall–Kier alpha value is -0.470. The first kappa shape index (κ1) is 13.0. The van der Waals surface area contributed by atoms with Crippen LogP contribution in [0.1, 0.15) is 30.4 Å². The SMILES string of the molecule is Cc1ccc(CSCC2CCCNCC2)cc1. The summed E-state index contributed by atoms with van der Waals surface area (Å²) in [4.78, 5) is 0. The van der Waals surface area contributed by atoms with Crippen LogP contribution in [-0.2, 0) is 5.75 Å². The summed E-state index contributed by atoms with van der Waals surface area (Å²) in [6.45, 7) is 4.59. The molecule has 1 aliphatic heterocycles. The van der Waals surface area contributed by atoms with Crippen LogP contribution in [0.25, 0.3) is 0 Å². The van der Waals surface area contributed by atoms with Crippen molar-refractivity contribution in [1.29, 1.82) is 0 Å². The van der Waals surface area contributed by atoms with Crippen molar-refractivity contribution in [2.75, 3.05) is 18.8 Å². The van der Waals surface area contributed by atoms with Gasteiger partial charge in [-0.15, -0.1) is 0 Å². The smallest absolute Gasteiger partial charge is 0.0184 e. The summed E-state index contributed by atoms with van der Waals surface area (Å²) < 4.78 is 0. The van der Waals surface area contributed by atoms with Gasteiger partial charge in [-0.1, -0.05) is 29.8 Å². The third-order valence-corrected chi connectivity index (χ3v) is 4.68. The van der Waals surface area contributed by atoms with Crippen LogP contribution < -0.4 is 5.32 Å². The van der Waals surface area contributed by atoms with Gasteiger partial charge in [-0.05, 0) is 56.5 Å². The highest BCUT2D eigenvalue weighted by molar-refractivity contribution is 7.98. The molecule has 0 saturated carbocycles. The monoisotopic (exact) mass is 249 g/mol. The molecule has 1 saturated heterocycles. The molecule has 1 aliphatic rings. The fourth-order valence-electron chi connectivity index (χ4n) is 2.29. The Bertz CT molecular complexity index is 312. The molecular weight excluding hydrogens is 226 g/mol. The Balaban J connectivity index is 1.69. The molecule has 0 aliphatic carbocycles. The van der Waals surface area contributed by atoms with Crippen LogP contribution in [0.15, 0.2) is 24.3 Å². The van der Waals surface area contributed by atoms with Crippen LogP contribution in [-0.4, -0.2) is 18.8 Å². The van der Waals surface area contributed by atoms with E-state index in [1.807, 2.05) is 0 Å². The van der Waals surface area contributed by atoms with Crippen LogP contribution in [0.4, 0.5) is 0 Å². The lowest BCUT2D eigenvalue weighted by atomic mass is 10.0. The van der Waals surface area contributed by atoms with E-state index in [9.17, 15) is 0 Å². The number of aryl methyl sites for hydroxylation is 1. The third-order valence-electron chi connectivity index (χ3n) is 3.44. The molecule has 2 heteroatoms. The molecule has 0 amide bonds. The average Bonchev–Trinajstić information content (AvgIpc) is 2.60. The summed E-state index contributed by atoms with van der Waals surface area (Å²) in [5, 5.41) is 3.48. The Morgan fingerprint density at radius 1 is 1.18 bits per heavy atom. The van der Waals surface area contributed by atoms with E-state index in [4.69, 9.17) is 0 Å². The van der Waals surface area contributed by atoms with Gasteiger partial charge in [0.05, 0.1) is 0 Å². The zero-order valence-electron chi connectivity index (χ0n) is 10.7. The van der Waals surface area contributed by atoms with Crippen molar-refractivity contribution in [2.45, 2.75) is 31.9 Å². The molecule has 94 valence electrons. The lowest BCUT2D eigenvalue weighted by molar-refractivity contribution is 0.528. The first-order valence-corrected chi connectivity index (χ1v) is 7.84. The first-order valence-electron chi connectivity index (χ1n) is 6.68. The van der Waals surface area contributed by atoms with E-state index in [2.05, 4.69) is 48.3 Å². The Labute approximate surface area is 109 Å². The minimum absolute atomic E-state index is 0.931. The Morgan fingerprint density at radius 2 is 2.00 bits per heavy atom. The zero-order valence-corrected chi connectivity index (χ0v) is 11.6. The van der Waals surface area contributed by atoms with Gasteiger partial charge in [0, 0.05) is 5.75 Å². The lowest BCUT2D eigenvalue weighted by Crippen LogP contribution is -2.14. The molecule has 0 radical (unpaired) electrons. The first-order chi connectivity index (χ1) is 8.34. The van der Waals surface area contributed by atoms with E-state index in [0.29, 0.717) is 0 Å². The summed E-state index contributed by atoms with van der Waals surface area (Å²) in [5.41, 5.74) is 2.82. The van der Waals surface area contributed by atoms with Gasteiger partial charge < -0.3 is 5.32 Å². The van der Waals surface area contributed by atoms with E-state index in [0.717, 1.165) is 5.92 Å². The second kappa shape index (κ2) is 7.07. The highest BCUT2D eigenvalue weighted by Crippen LogP contribution is 2.22. The highest BCUT2D eigenvalue weighted by Gasteiger charge is 2.11. The maximum atomic E-state index is 3.48. The molecule has 1 atom stereocenters. The fraction of sp³-hybridized carbons (Fsp3) is 0.600. The molecule has 0 spiro atoms. The number of hydrogen-bond donors (Lipinski definition) is 1. The molecule has 0 aromatic heterocycles. The van der Waals surface area contributed by atoms with Crippen LogP contribution in [0.5, 0.6) is 0 Å². The van der Waals surface area contributed by atoms with Crippen molar-refractivity contribution in [3.63, 3.8) is 0 Å². The molecule has 1 heterocycles. The van der Waals surface area contributed by atoms with Gasteiger partial charge in [-0.25, -0.2) is 0 Å². The van der Waals surface area contributed by atoms with Crippen molar-refractivity contribution in [3.05, 3.63) is 35.4 Å². The van der Waals surface area contributed by atoms with Gasteiger partial charge in [0.2, 0.25) is 0 Å². The minimum atomic E-state index is 0.931. The normalized spacial score (nSPS) is 21.1. The molecule has 1 nitrogen and oxygen atoms in total. The van der Waals surface area contributed by atoms with E-state index in [-0.39, 0.29) is 0 Å². The third kappa shape index (κ3) is 4.72. The van der Waals surface area contributed by atoms with Crippen molar-refractivity contribution in [1.82, 2.24) is 5.32 Å². The summed E-state index contributed by atoms with van der Waals surface area (Å²) in [5.74, 6) is 3.43.